The van der Waals surface area contributed by atoms with Gasteiger partial charge in [0.1, 0.15) is 11.6 Å². The number of carbonyl (C=O) groups is 1. The van der Waals surface area contributed by atoms with Gasteiger partial charge in [-0.05, 0) is 30.7 Å². The van der Waals surface area contributed by atoms with Crippen molar-refractivity contribution in [3.8, 4) is 5.75 Å². The Balaban J connectivity index is 2.51. The maximum atomic E-state index is 13.9. The molecule has 0 heterocycles. The summed E-state index contributed by atoms with van der Waals surface area (Å²) in [5, 5.41) is 0. The van der Waals surface area contributed by atoms with E-state index in [1.54, 1.807) is 31.2 Å². The van der Waals surface area contributed by atoms with Crippen molar-refractivity contribution in [2.75, 3.05) is 12.8 Å². The summed E-state index contributed by atoms with van der Waals surface area (Å²) in [6.07, 6.45) is 0. The molecule has 0 radical (unpaired) electrons. The summed E-state index contributed by atoms with van der Waals surface area (Å²) in [7, 11) is 1.44. The van der Waals surface area contributed by atoms with E-state index in [1.165, 1.54) is 19.2 Å². The highest BCUT2D eigenvalue weighted by atomic mass is 19.1. The van der Waals surface area contributed by atoms with E-state index in [9.17, 15) is 9.18 Å². The van der Waals surface area contributed by atoms with Crippen molar-refractivity contribution in [2.24, 2.45) is 0 Å². The Morgan fingerprint density at radius 3 is 2.58 bits per heavy atom. The zero-order valence-corrected chi connectivity index (χ0v) is 10.7. The van der Waals surface area contributed by atoms with Crippen LogP contribution in [0.15, 0.2) is 36.4 Å². The van der Waals surface area contributed by atoms with E-state index in [4.69, 9.17) is 10.5 Å². The van der Waals surface area contributed by atoms with E-state index in [0.717, 1.165) is 5.56 Å². The van der Waals surface area contributed by atoms with Crippen LogP contribution in [-0.2, 0) is 0 Å². The molecule has 0 aliphatic rings. The number of rotatable bonds is 3. The second-order valence-corrected chi connectivity index (χ2v) is 4.21. The average molecular weight is 259 g/mol. The van der Waals surface area contributed by atoms with Crippen LogP contribution in [0.25, 0.3) is 0 Å². The third-order valence-corrected chi connectivity index (χ3v) is 2.95. The van der Waals surface area contributed by atoms with Gasteiger partial charge in [0.15, 0.2) is 5.78 Å². The largest absolute Gasteiger partial charge is 0.497 e. The normalized spacial score (nSPS) is 10.3. The first kappa shape index (κ1) is 13.1. The third kappa shape index (κ3) is 2.42. The number of ketones is 1. The Hall–Kier alpha value is -2.36. The molecule has 0 unspecified atom stereocenters. The molecular weight excluding hydrogens is 245 g/mol. The van der Waals surface area contributed by atoms with Crippen molar-refractivity contribution < 1.29 is 13.9 Å². The van der Waals surface area contributed by atoms with Gasteiger partial charge in [-0.15, -0.1) is 0 Å². The summed E-state index contributed by atoms with van der Waals surface area (Å²) in [5.74, 6) is -0.672. The first-order valence-corrected chi connectivity index (χ1v) is 5.78. The Morgan fingerprint density at radius 2 is 2.00 bits per heavy atom. The molecule has 0 saturated carbocycles. The van der Waals surface area contributed by atoms with Crippen molar-refractivity contribution >= 4 is 11.5 Å². The maximum Gasteiger partial charge on any atom is 0.198 e. The predicted molar refractivity (Wildman–Crippen MR) is 72.0 cm³/mol. The molecule has 0 fully saturated rings. The lowest BCUT2D eigenvalue weighted by molar-refractivity contribution is 0.103. The number of nitrogen functional groups attached to an aromatic ring is 1. The Kier molecular flexibility index (Phi) is 3.51. The second kappa shape index (κ2) is 5.10. The van der Waals surface area contributed by atoms with Crippen molar-refractivity contribution in [1.82, 2.24) is 0 Å². The summed E-state index contributed by atoms with van der Waals surface area (Å²) in [6, 6.07) is 9.29. The molecule has 0 saturated heterocycles. The number of carbonyl (C=O) groups excluding carboxylic acids is 1. The average Bonchev–Trinajstić information content (AvgIpc) is 2.38. The zero-order valence-electron chi connectivity index (χ0n) is 10.7. The van der Waals surface area contributed by atoms with Crippen molar-refractivity contribution in [3.63, 3.8) is 0 Å². The van der Waals surface area contributed by atoms with E-state index in [0.29, 0.717) is 17.0 Å². The Morgan fingerprint density at radius 1 is 1.26 bits per heavy atom. The van der Waals surface area contributed by atoms with Crippen molar-refractivity contribution in [3.05, 3.63) is 58.9 Å². The molecule has 4 heteroatoms. The van der Waals surface area contributed by atoms with Gasteiger partial charge in [0.2, 0.25) is 0 Å². The van der Waals surface area contributed by atoms with Gasteiger partial charge in [-0.2, -0.15) is 0 Å². The van der Waals surface area contributed by atoms with E-state index < -0.39 is 11.6 Å². The number of hydrogen-bond acceptors (Lipinski definition) is 3. The maximum absolute atomic E-state index is 13.9. The molecule has 2 rings (SSSR count). The lowest BCUT2D eigenvalue weighted by atomic mass is 9.97. The number of benzene rings is 2. The quantitative estimate of drug-likeness (QED) is 0.681. The van der Waals surface area contributed by atoms with Crippen LogP contribution in [0.5, 0.6) is 5.75 Å². The number of aryl methyl sites for hydroxylation is 1. The first-order chi connectivity index (χ1) is 9.04. The molecule has 3 nitrogen and oxygen atoms in total. The number of hydrogen-bond donors (Lipinski definition) is 1. The molecule has 0 spiro atoms. The van der Waals surface area contributed by atoms with Gasteiger partial charge in [-0.3, -0.25) is 4.79 Å². The monoisotopic (exact) mass is 259 g/mol. The standard InChI is InChI=1S/C15H14FNO2/c1-9-4-3-5-13(17)14(9)15(18)11-7-6-10(19-2)8-12(11)16/h3-8H,17H2,1-2H3. The summed E-state index contributed by atoms with van der Waals surface area (Å²) in [4.78, 5) is 12.3. The van der Waals surface area contributed by atoms with Gasteiger partial charge in [-0.1, -0.05) is 12.1 Å². The SMILES string of the molecule is COc1ccc(C(=O)c2c(C)cccc2N)c(F)c1. The summed E-state index contributed by atoms with van der Waals surface area (Å²) < 4.78 is 18.8. The number of ether oxygens (including phenoxy) is 1. The van der Waals surface area contributed by atoms with E-state index in [2.05, 4.69) is 0 Å². The van der Waals surface area contributed by atoms with Crippen LogP contribution < -0.4 is 10.5 Å². The predicted octanol–water partition coefficient (Wildman–Crippen LogP) is 2.96. The molecule has 0 amide bonds. The molecule has 0 bridgehead atoms. The second-order valence-electron chi connectivity index (χ2n) is 4.21. The first-order valence-electron chi connectivity index (χ1n) is 5.78. The summed E-state index contributed by atoms with van der Waals surface area (Å²) in [6.45, 7) is 1.77. The van der Waals surface area contributed by atoms with Crippen LogP contribution in [0.4, 0.5) is 10.1 Å². The van der Waals surface area contributed by atoms with Gasteiger partial charge in [0, 0.05) is 17.3 Å². The van der Waals surface area contributed by atoms with Crippen molar-refractivity contribution in [2.45, 2.75) is 6.92 Å². The molecule has 19 heavy (non-hydrogen) atoms. The van der Waals surface area contributed by atoms with E-state index in [-0.39, 0.29) is 5.56 Å². The molecular formula is C15H14FNO2. The number of nitrogens with two attached hydrogens (primary N) is 1. The van der Waals surface area contributed by atoms with Crippen LogP contribution in [0.2, 0.25) is 0 Å². The fraction of sp³-hybridized carbons (Fsp3) is 0.133. The van der Waals surface area contributed by atoms with E-state index in [1.807, 2.05) is 0 Å². The lowest BCUT2D eigenvalue weighted by Gasteiger charge is -2.09. The van der Waals surface area contributed by atoms with Crippen LogP contribution in [0.1, 0.15) is 21.5 Å². The molecule has 2 aromatic carbocycles. The van der Waals surface area contributed by atoms with Gasteiger partial charge in [0.05, 0.1) is 12.7 Å². The van der Waals surface area contributed by atoms with Crippen molar-refractivity contribution in [1.29, 1.82) is 0 Å². The zero-order chi connectivity index (χ0) is 14.0. The number of anilines is 1. The van der Waals surface area contributed by atoms with Crippen LogP contribution in [0.3, 0.4) is 0 Å². The molecule has 0 aliphatic heterocycles. The Labute approximate surface area is 110 Å². The molecule has 98 valence electrons. The van der Waals surface area contributed by atoms with Gasteiger partial charge in [0.25, 0.3) is 0 Å². The minimum atomic E-state index is -0.619. The molecule has 0 atom stereocenters. The van der Waals surface area contributed by atoms with Gasteiger partial charge in [-0.25, -0.2) is 4.39 Å². The molecule has 0 aromatic heterocycles. The minimum Gasteiger partial charge on any atom is -0.497 e. The van der Waals surface area contributed by atoms with Crippen LogP contribution >= 0.6 is 0 Å². The number of methoxy groups -OCH3 is 1. The Bertz CT molecular complexity index is 618. The third-order valence-electron chi connectivity index (χ3n) is 2.95. The highest BCUT2D eigenvalue weighted by Gasteiger charge is 2.18. The molecule has 0 aliphatic carbocycles. The van der Waals surface area contributed by atoms with Crippen LogP contribution in [-0.4, -0.2) is 12.9 Å². The van der Waals surface area contributed by atoms with Gasteiger partial charge < -0.3 is 10.5 Å². The minimum absolute atomic E-state index is 0.0122. The topological polar surface area (TPSA) is 52.3 Å². The highest BCUT2D eigenvalue weighted by molar-refractivity contribution is 6.13. The fourth-order valence-corrected chi connectivity index (χ4v) is 1.94. The van der Waals surface area contributed by atoms with E-state index >= 15 is 0 Å². The lowest BCUT2D eigenvalue weighted by Crippen LogP contribution is -2.09. The van der Waals surface area contributed by atoms with Gasteiger partial charge >= 0.3 is 0 Å². The molecule has 2 aromatic rings. The number of halogens is 1. The fourth-order valence-electron chi connectivity index (χ4n) is 1.94. The van der Waals surface area contributed by atoms with Crippen LogP contribution in [0, 0.1) is 12.7 Å². The highest BCUT2D eigenvalue weighted by Crippen LogP contribution is 2.24. The summed E-state index contributed by atoms with van der Waals surface area (Å²) >= 11 is 0. The summed E-state index contributed by atoms with van der Waals surface area (Å²) in [5.41, 5.74) is 7.19. The smallest absolute Gasteiger partial charge is 0.198 e. The molecule has 2 N–H and O–H groups in total.